The van der Waals surface area contributed by atoms with Gasteiger partial charge in [-0.25, -0.2) is 16.8 Å². The molecule has 9 nitrogen and oxygen atoms in total. The van der Waals surface area contributed by atoms with Crippen LogP contribution in [0.3, 0.4) is 0 Å². The number of benzene rings is 3. The monoisotopic (exact) mass is 543 g/mol. The maximum absolute atomic E-state index is 12.7. The third kappa shape index (κ3) is 6.75. The van der Waals surface area contributed by atoms with Gasteiger partial charge >= 0.3 is 0 Å². The summed E-state index contributed by atoms with van der Waals surface area (Å²) in [5.74, 6) is -0.549. The molecule has 0 saturated carbocycles. The lowest BCUT2D eigenvalue weighted by Crippen LogP contribution is -2.41. The van der Waals surface area contributed by atoms with Gasteiger partial charge in [-0.1, -0.05) is 18.2 Å². The average molecular weight is 544 g/mol. The van der Waals surface area contributed by atoms with Gasteiger partial charge in [-0.3, -0.25) is 9.52 Å². The number of sulfonamides is 2. The first-order valence-corrected chi connectivity index (χ1v) is 14.8. The molecule has 0 bridgehead atoms. The Balaban J connectivity index is 1.37. The Morgan fingerprint density at radius 1 is 0.838 bits per heavy atom. The van der Waals surface area contributed by atoms with Gasteiger partial charge in [0.1, 0.15) is 0 Å². The van der Waals surface area contributed by atoms with Crippen LogP contribution >= 0.6 is 0 Å². The average Bonchev–Trinajstić information content (AvgIpc) is 2.87. The summed E-state index contributed by atoms with van der Waals surface area (Å²) in [5.41, 5.74) is 3.87. The number of hydrogen-bond donors (Lipinski definition) is 2. The quantitative estimate of drug-likeness (QED) is 0.448. The van der Waals surface area contributed by atoms with E-state index in [2.05, 4.69) is 10.0 Å². The number of ether oxygens (including phenoxy) is 1. The van der Waals surface area contributed by atoms with E-state index in [1.54, 1.807) is 36.4 Å². The van der Waals surface area contributed by atoms with Crippen molar-refractivity contribution in [1.82, 2.24) is 4.31 Å². The van der Waals surface area contributed by atoms with Crippen LogP contribution in [0.4, 0.5) is 11.4 Å². The number of nitrogens with zero attached hydrogens (tertiary/aromatic N) is 1. The fourth-order valence-corrected chi connectivity index (χ4v) is 6.37. The van der Waals surface area contributed by atoms with Gasteiger partial charge < -0.3 is 10.1 Å². The van der Waals surface area contributed by atoms with E-state index in [9.17, 15) is 21.6 Å². The maximum Gasteiger partial charge on any atom is 0.261 e. The zero-order chi connectivity index (χ0) is 26.6. The van der Waals surface area contributed by atoms with Crippen LogP contribution < -0.4 is 10.0 Å². The molecular formula is C26H29N3O6S2. The molecule has 0 radical (unpaired) electrons. The molecule has 0 atom stereocenters. The van der Waals surface area contributed by atoms with Gasteiger partial charge in [0, 0.05) is 30.0 Å². The summed E-state index contributed by atoms with van der Waals surface area (Å²) in [5, 5.41) is 2.73. The molecule has 1 heterocycles. The van der Waals surface area contributed by atoms with E-state index in [-0.39, 0.29) is 10.6 Å². The number of anilines is 2. The summed E-state index contributed by atoms with van der Waals surface area (Å²) < 4.78 is 59.8. The molecule has 2 N–H and O–H groups in total. The molecule has 1 aliphatic heterocycles. The van der Waals surface area contributed by atoms with Crippen LogP contribution in [-0.2, 0) is 30.5 Å². The zero-order valence-corrected chi connectivity index (χ0v) is 22.2. The molecular weight excluding hydrogens is 514 g/mol. The Bertz CT molecular complexity index is 1480. The van der Waals surface area contributed by atoms with Gasteiger partial charge in [0.15, 0.2) is 0 Å². The summed E-state index contributed by atoms with van der Waals surface area (Å²) in [7, 11) is -7.25. The third-order valence-electron chi connectivity index (χ3n) is 6.11. The van der Waals surface area contributed by atoms with E-state index >= 15 is 0 Å². The van der Waals surface area contributed by atoms with Crippen molar-refractivity contribution < 1.29 is 26.4 Å². The summed E-state index contributed by atoms with van der Waals surface area (Å²) in [6.45, 7) is 5.30. The number of amides is 1. The van der Waals surface area contributed by atoms with Crippen molar-refractivity contribution in [2.75, 3.05) is 36.3 Å². The first-order valence-electron chi connectivity index (χ1n) is 11.7. The maximum atomic E-state index is 12.7. The van der Waals surface area contributed by atoms with Crippen LogP contribution in [0.15, 0.2) is 71.6 Å². The van der Waals surface area contributed by atoms with Crippen molar-refractivity contribution in [1.29, 1.82) is 0 Å². The number of hydrogen-bond acceptors (Lipinski definition) is 6. The molecule has 4 rings (SSSR count). The van der Waals surface area contributed by atoms with E-state index < -0.39 is 26.0 Å². The minimum Gasteiger partial charge on any atom is -0.379 e. The topological polar surface area (TPSA) is 122 Å². The molecule has 37 heavy (non-hydrogen) atoms. The second kappa shape index (κ2) is 11.0. The van der Waals surface area contributed by atoms with E-state index in [0.717, 1.165) is 11.1 Å². The highest BCUT2D eigenvalue weighted by Crippen LogP contribution is 2.21. The number of carbonyl (C=O) groups excluding carboxylic acids is 1. The van der Waals surface area contributed by atoms with Crippen LogP contribution in [0.25, 0.3) is 0 Å². The van der Waals surface area contributed by atoms with Gasteiger partial charge in [-0.2, -0.15) is 4.31 Å². The Morgan fingerprint density at radius 2 is 1.46 bits per heavy atom. The molecule has 196 valence electrons. The fraction of sp³-hybridized carbons (Fsp3) is 0.269. The summed E-state index contributed by atoms with van der Waals surface area (Å²) in [4.78, 5) is 12.7. The van der Waals surface area contributed by atoms with Crippen LogP contribution in [0.1, 0.15) is 27.0 Å². The van der Waals surface area contributed by atoms with Crippen LogP contribution in [0.5, 0.6) is 0 Å². The summed E-state index contributed by atoms with van der Waals surface area (Å²) in [6, 6.07) is 17.5. The molecule has 1 fully saturated rings. The highest BCUT2D eigenvalue weighted by molar-refractivity contribution is 7.92. The molecule has 0 spiro atoms. The van der Waals surface area contributed by atoms with Crippen LogP contribution in [-0.4, -0.2) is 53.4 Å². The summed E-state index contributed by atoms with van der Waals surface area (Å²) in [6.07, 6.45) is 0. The Kier molecular flexibility index (Phi) is 7.98. The van der Waals surface area contributed by atoms with E-state index in [1.807, 2.05) is 19.9 Å². The number of morpholine rings is 1. The lowest BCUT2D eigenvalue weighted by atomic mass is 10.1. The van der Waals surface area contributed by atoms with Gasteiger partial charge in [0.25, 0.3) is 15.9 Å². The first-order chi connectivity index (χ1) is 17.5. The van der Waals surface area contributed by atoms with Gasteiger partial charge in [0.2, 0.25) is 10.0 Å². The molecule has 1 saturated heterocycles. The molecule has 3 aromatic rings. The number of carbonyl (C=O) groups is 1. The predicted octanol–water partition coefficient (Wildman–Crippen LogP) is 3.52. The largest absolute Gasteiger partial charge is 0.379 e. The number of rotatable bonds is 8. The standard InChI is InChI=1S/C26H29N3O6S2/c1-19-3-8-24(17-20(19)2)28-37(33,34)25-11-9-23(10-12-25)27-26(30)22-6-4-21(5-7-22)18-36(31,32)29-13-15-35-16-14-29/h3-12,17,28H,13-16,18H2,1-2H3,(H,27,30). The lowest BCUT2D eigenvalue weighted by molar-refractivity contribution is 0.0729. The van der Waals surface area contributed by atoms with Crippen molar-refractivity contribution >= 4 is 37.3 Å². The van der Waals surface area contributed by atoms with Crippen molar-refractivity contribution in [2.45, 2.75) is 24.5 Å². The van der Waals surface area contributed by atoms with Gasteiger partial charge in [-0.05, 0) is 79.1 Å². The van der Waals surface area contributed by atoms with Crippen molar-refractivity contribution in [3.05, 3.63) is 89.0 Å². The van der Waals surface area contributed by atoms with Gasteiger partial charge in [0.05, 0.1) is 23.9 Å². The minimum atomic E-state index is -3.79. The van der Waals surface area contributed by atoms with Crippen molar-refractivity contribution in [3.63, 3.8) is 0 Å². The van der Waals surface area contributed by atoms with Crippen molar-refractivity contribution in [2.24, 2.45) is 0 Å². The highest BCUT2D eigenvalue weighted by Gasteiger charge is 2.24. The second-order valence-corrected chi connectivity index (χ2v) is 12.5. The van der Waals surface area contributed by atoms with Gasteiger partial charge in [-0.15, -0.1) is 0 Å². The third-order valence-corrected chi connectivity index (χ3v) is 9.36. The molecule has 0 aliphatic carbocycles. The fourth-order valence-electron chi connectivity index (χ4n) is 3.82. The SMILES string of the molecule is Cc1ccc(NS(=O)(=O)c2ccc(NC(=O)c3ccc(CS(=O)(=O)N4CCOCC4)cc3)cc2)cc1C. The number of aryl methyl sites for hydroxylation is 2. The molecule has 3 aromatic carbocycles. The Morgan fingerprint density at radius 3 is 2.08 bits per heavy atom. The van der Waals surface area contributed by atoms with E-state index in [0.29, 0.717) is 48.8 Å². The smallest absolute Gasteiger partial charge is 0.261 e. The number of nitrogens with one attached hydrogen (secondary N) is 2. The molecule has 11 heteroatoms. The lowest BCUT2D eigenvalue weighted by Gasteiger charge is -2.26. The first kappa shape index (κ1) is 26.8. The minimum absolute atomic E-state index is 0.0644. The molecule has 1 amide bonds. The molecule has 0 aromatic heterocycles. The normalized spacial score (nSPS) is 14.8. The zero-order valence-electron chi connectivity index (χ0n) is 20.6. The van der Waals surface area contributed by atoms with Crippen molar-refractivity contribution in [3.8, 4) is 0 Å². The molecule has 0 unspecified atom stereocenters. The predicted molar refractivity (Wildman–Crippen MR) is 143 cm³/mol. The Hall–Kier alpha value is -3.25. The van der Waals surface area contributed by atoms with E-state index in [4.69, 9.17) is 4.74 Å². The Labute approximate surface area is 217 Å². The second-order valence-electron chi connectivity index (χ2n) is 8.85. The molecule has 1 aliphatic rings. The van der Waals surface area contributed by atoms with Crippen LogP contribution in [0, 0.1) is 13.8 Å². The highest BCUT2D eigenvalue weighted by atomic mass is 32.2. The van der Waals surface area contributed by atoms with Crippen LogP contribution in [0.2, 0.25) is 0 Å². The van der Waals surface area contributed by atoms with E-state index in [1.165, 1.54) is 28.6 Å². The summed E-state index contributed by atoms with van der Waals surface area (Å²) >= 11 is 0.